The van der Waals surface area contributed by atoms with Crippen LogP contribution in [0, 0.1) is 6.92 Å². The highest BCUT2D eigenvalue weighted by Gasteiger charge is 2.14. The summed E-state index contributed by atoms with van der Waals surface area (Å²) in [6.45, 7) is 5.10. The molecule has 0 aliphatic carbocycles. The van der Waals surface area contributed by atoms with E-state index in [4.69, 9.17) is 9.47 Å². The molecule has 1 N–H and O–H groups in total. The molecule has 0 spiro atoms. The van der Waals surface area contributed by atoms with Crippen LogP contribution in [0.4, 0.5) is 0 Å². The highest BCUT2D eigenvalue weighted by Crippen LogP contribution is 2.28. The second-order valence-electron chi connectivity index (χ2n) is 4.96. The second kappa shape index (κ2) is 7.73. The summed E-state index contributed by atoms with van der Waals surface area (Å²) in [5.74, 6) is -0.931. The minimum Gasteiger partial charge on any atom is -0.478 e. The van der Waals surface area contributed by atoms with Gasteiger partial charge in [0.15, 0.2) is 0 Å². The van der Waals surface area contributed by atoms with E-state index in [1.807, 2.05) is 44.2 Å². The fourth-order valence-electron chi connectivity index (χ4n) is 2.27. The largest absolute Gasteiger partial charge is 0.478 e. The van der Waals surface area contributed by atoms with Gasteiger partial charge in [-0.05, 0) is 48.2 Å². The van der Waals surface area contributed by atoms with Gasteiger partial charge in [0.25, 0.3) is 0 Å². The van der Waals surface area contributed by atoms with Crippen LogP contribution in [0.2, 0.25) is 0 Å². The average Bonchev–Trinajstić information content (AvgIpc) is 2.52. The molecule has 2 aromatic rings. The number of carboxylic acid groups (broad SMARTS) is 1. The molecule has 0 amide bonds. The van der Waals surface area contributed by atoms with Crippen LogP contribution in [-0.2, 0) is 16.1 Å². The van der Waals surface area contributed by atoms with Crippen molar-refractivity contribution in [2.45, 2.75) is 20.5 Å². The summed E-state index contributed by atoms with van der Waals surface area (Å²) in [5.41, 5.74) is 3.89. The maximum Gasteiger partial charge on any atom is 0.336 e. The third kappa shape index (κ3) is 3.93. The van der Waals surface area contributed by atoms with Crippen LogP contribution < -0.4 is 0 Å². The predicted octanol–water partition coefficient (Wildman–Crippen LogP) is 3.87. The standard InChI is InChI=1S/C18H20O4/c1-3-21-12-22-11-14-8-9-16(18(19)20)17(10-14)15-7-5-4-6-13(15)2/h4-10H,3,11-12H2,1-2H3,(H,19,20). The van der Waals surface area contributed by atoms with E-state index in [1.54, 1.807) is 12.1 Å². The van der Waals surface area contributed by atoms with E-state index >= 15 is 0 Å². The lowest BCUT2D eigenvalue weighted by molar-refractivity contribution is -0.0571. The predicted molar refractivity (Wildman–Crippen MR) is 84.9 cm³/mol. The van der Waals surface area contributed by atoms with Crippen LogP contribution >= 0.6 is 0 Å². The maximum atomic E-state index is 11.5. The van der Waals surface area contributed by atoms with Crippen molar-refractivity contribution in [1.82, 2.24) is 0 Å². The van der Waals surface area contributed by atoms with Crippen molar-refractivity contribution < 1.29 is 19.4 Å². The number of aromatic carboxylic acids is 1. The summed E-state index contributed by atoms with van der Waals surface area (Å²) >= 11 is 0. The van der Waals surface area contributed by atoms with Crippen LogP contribution in [-0.4, -0.2) is 24.5 Å². The molecule has 4 nitrogen and oxygen atoms in total. The lowest BCUT2D eigenvalue weighted by Crippen LogP contribution is -2.03. The van der Waals surface area contributed by atoms with Crippen molar-refractivity contribution in [2.24, 2.45) is 0 Å². The maximum absolute atomic E-state index is 11.5. The van der Waals surface area contributed by atoms with Gasteiger partial charge in [0.1, 0.15) is 6.79 Å². The number of benzene rings is 2. The quantitative estimate of drug-likeness (QED) is 0.623. The second-order valence-corrected chi connectivity index (χ2v) is 4.96. The number of hydrogen-bond acceptors (Lipinski definition) is 3. The first kappa shape index (κ1) is 16.2. The Labute approximate surface area is 130 Å². The van der Waals surface area contributed by atoms with Gasteiger partial charge in [-0.1, -0.05) is 30.3 Å². The normalized spacial score (nSPS) is 10.6. The Hall–Kier alpha value is -2.17. The lowest BCUT2D eigenvalue weighted by atomic mass is 9.94. The molecule has 22 heavy (non-hydrogen) atoms. The molecule has 116 valence electrons. The Morgan fingerprint density at radius 3 is 2.55 bits per heavy atom. The number of carbonyl (C=O) groups is 1. The molecule has 4 heteroatoms. The number of hydrogen-bond donors (Lipinski definition) is 1. The first-order valence-corrected chi connectivity index (χ1v) is 7.21. The molecule has 0 unspecified atom stereocenters. The van der Waals surface area contributed by atoms with Crippen LogP contribution in [0.3, 0.4) is 0 Å². The fraction of sp³-hybridized carbons (Fsp3) is 0.278. The van der Waals surface area contributed by atoms with Crippen molar-refractivity contribution in [3.63, 3.8) is 0 Å². The van der Waals surface area contributed by atoms with Crippen LogP contribution in [0.25, 0.3) is 11.1 Å². The van der Waals surface area contributed by atoms with E-state index in [0.29, 0.717) is 24.3 Å². The van der Waals surface area contributed by atoms with Crippen molar-refractivity contribution in [3.8, 4) is 11.1 Å². The van der Waals surface area contributed by atoms with E-state index < -0.39 is 5.97 Å². The smallest absolute Gasteiger partial charge is 0.336 e. The molecular formula is C18H20O4. The fourth-order valence-corrected chi connectivity index (χ4v) is 2.27. The Balaban J connectivity index is 2.33. The molecule has 0 aliphatic rings. The highest BCUT2D eigenvalue weighted by molar-refractivity contribution is 5.96. The van der Waals surface area contributed by atoms with E-state index in [2.05, 4.69) is 0 Å². The molecule has 0 saturated heterocycles. The summed E-state index contributed by atoms with van der Waals surface area (Å²) in [6.07, 6.45) is 0. The molecule has 0 bridgehead atoms. The minimum atomic E-state index is -0.931. The van der Waals surface area contributed by atoms with Crippen molar-refractivity contribution in [2.75, 3.05) is 13.4 Å². The number of aryl methyl sites for hydroxylation is 1. The molecule has 0 fully saturated rings. The van der Waals surface area contributed by atoms with Crippen molar-refractivity contribution in [3.05, 3.63) is 59.2 Å². The first-order chi connectivity index (χ1) is 10.6. The number of rotatable bonds is 7. The van der Waals surface area contributed by atoms with Gasteiger partial charge in [0.05, 0.1) is 12.2 Å². The van der Waals surface area contributed by atoms with Gasteiger partial charge in [0, 0.05) is 6.61 Å². The Kier molecular flexibility index (Phi) is 5.69. The van der Waals surface area contributed by atoms with Gasteiger partial charge in [-0.15, -0.1) is 0 Å². The first-order valence-electron chi connectivity index (χ1n) is 7.21. The topological polar surface area (TPSA) is 55.8 Å². The third-order valence-corrected chi connectivity index (χ3v) is 3.39. The van der Waals surface area contributed by atoms with Crippen LogP contribution in [0.15, 0.2) is 42.5 Å². The van der Waals surface area contributed by atoms with Crippen molar-refractivity contribution >= 4 is 5.97 Å². The van der Waals surface area contributed by atoms with Crippen LogP contribution in [0.5, 0.6) is 0 Å². The van der Waals surface area contributed by atoms with E-state index in [0.717, 1.165) is 16.7 Å². The van der Waals surface area contributed by atoms with E-state index in [1.165, 1.54) is 0 Å². The van der Waals surface area contributed by atoms with Gasteiger partial charge < -0.3 is 14.6 Å². The van der Waals surface area contributed by atoms with Gasteiger partial charge in [-0.2, -0.15) is 0 Å². The summed E-state index contributed by atoms with van der Waals surface area (Å²) in [6, 6.07) is 13.0. The Morgan fingerprint density at radius 1 is 1.09 bits per heavy atom. The lowest BCUT2D eigenvalue weighted by Gasteiger charge is -2.12. The summed E-state index contributed by atoms with van der Waals surface area (Å²) in [7, 11) is 0. The van der Waals surface area contributed by atoms with Crippen LogP contribution in [0.1, 0.15) is 28.4 Å². The zero-order valence-corrected chi connectivity index (χ0v) is 12.8. The van der Waals surface area contributed by atoms with Crippen molar-refractivity contribution in [1.29, 1.82) is 0 Å². The molecule has 2 aromatic carbocycles. The molecule has 2 rings (SSSR count). The SMILES string of the molecule is CCOCOCc1ccc(C(=O)O)c(-c2ccccc2C)c1. The van der Waals surface area contributed by atoms with Gasteiger partial charge in [-0.25, -0.2) is 4.79 Å². The molecule has 0 aromatic heterocycles. The molecular weight excluding hydrogens is 280 g/mol. The third-order valence-electron chi connectivity index (χ3n) is 3.39. The summed E-state index contributed by atoms with van der Waals surface area (Å²) in [4.78, 5) is 11.5. The van der Waals surface area contributed by atoms with Gasteiger partial charge in [-0.3, -0.25) is 0 Å². The molecule has 0 atom stereocenters. The Morgan fingerprint density at radius 2 is 1.86 bits per heavy atom. The summed E-state index contributed by atoms with van der Waals surface area (Å²) < 4.78 is 10.5. The molecule has 0 radical (unpaired) electrons. The number of ether oxygens (including phenoxy) is 2. The number of carboxylic acids is 1. The zero-order chi connectivity index (χ0) is 15.9. The summed E-state index contributed by atoms with van der Waals surface area (Å²) in [5, 5.41) is 9.40. The average molecular weight is 300 g/mol. The van der Waals surface area contributed by atoms with E-state index in [9.17, 15) is 9.90 Å². The van der Waals surface area contributed by atoms with Gasteiger partial charge in [0.2, 0.25) is 0 Å². The van der Waals surface area contributed by atoms with Gasteiger partial charge >= 0.3 is 5.97 Å². The highest BCUT2D eigenvalue weighted by atomic mass is 16.7. The molecule has 0 saturated carbocycles. The molecule has 0 heterocycles. The Bertz CT molecular complexity index is 649. The monoisotopic (exact) mass is 300 g/mol. The van der Waals surface area contributed by atoms with E-state index in [-0.39, 0.29) is 6.79 Å². The zero-order valence-electron chi connectivity index (χ0n) is 12.8. The molecule has 0 aliphatic heterocycles. The minimum absolute atomic E-state index is 0.233.